The second kappa shape index (κ2) is 3.30. The average Bonchev–Trinajstić information content (AvgIpc) is 1.92. The molecule has 0 bridgehead atoms. The highest BCUT2D eigenvalue weighted by Gasteiger charge is 2.26. The molecule has 1 aliphatic carbocycles. The van der Waals surface area contributed by atoms with E-state index >= 15 is 0 Å². The summed E-state index contributed by atoms with van der Waals surface area (Å²) in [6.45, 7) is 4.25. The number of rotatable bonds is 1. The molecule has 1 fully saturated rings. The molecular weight excluding hydrogens is 152 g/mol. The molecule has 0 aromatic carbocycles. The summed E-state index contributed by atoms with van der Waals surface area (Å²) in [7, 11) is 0. The summed E-state index contributed by atoms with van der Waals surface area (Å²) in [5.41, 5.74) is 1.21. The van der Waals surface area contributed by atoms with Crippen molar-refractivity contribution in [3.05, 3.63) is 11.6 Å². The summed E-state index contributed by atoms with van der Waals surface area (Å²) in [6.07, 6.45) is 5.83. The van der Waals surface area contributed by atoms with Crippen molar-refractivity contribution in [2.75, 3.05) is 0 Å². The van der Waals surface area contributed by atoms with E-state index in [9.17, 15) is 4.79 Å². The molecular formula is C10H16O2. The zero-order valence-corrected chi connectivity index (χ0v) is 7.76. The third-order valence-electron chi connectivity index (χ3n) is 2.66. The Bertz CT molecular complexity index is 214. The number of carbonyl (C=O) groups is 1. The van der Waals surface area contributed by atoms with Gasteiger partial charge in [-0.1, -0.05) is 25.8 Å². The smallest absolute Gasteiger partial charge is 0.328 e. The Morgan fingerprint density at radius 2 is 2.17 bits per heavy atom. The molecule has 1 rings (SSSR count). The SMILES string of the molecule is CC1(C)CCCC/C1=C\C(=O)O. The van der Waals surface area contributed by atoms with Crippen LogP contribution in [0.2, 0.25) is 0 Å². The molecule has 0 spiro atoms. The van der Waals surface area contributed by atoms with Crippen LogP contribution >= 0.6 is 0 Å². The lowest BCUT2D eigenvalue weighted by molar-refractivity contribution is -0.131. The Kier molecular flexibility index (Phi) is 2.55. The molecule has 0 unspecified atom stereocenters. The van der Waals surface area contributed by atoms with Crippen molar-refractivity contribution < 1.29 is 9.90 Å². The van der Waals surface area contributed by atoms with Gasteiger partial charge in [0.15, 0.2) is 0 Å². The minimum atomic E-state index is -0.806. The van der Waals surface area contributed by atoms with E-state index in [0.29, 0.717) is 0 Å². The molecule has 1 aliphatic rings. The van der Waals surface area contributed by atoms with Crippen LogP contribution in [0.3, 0.4) is 0 Å². The predicted octanol–water partition coefficient (Wildman–Crippen LogP) is 2.60. The van der Waals surface area contributed by atoms with E-state index in [4.69, 9.17) is 5.11 Å². The van der Waals surface area contributed by atoms with E-state index in [2.05, 4.69) is 13.8 Å². The number of carboxylic acids is 1. The van der Waals surface area contributed by atoms with Gasteiger partial charge in [-0.25, -0.2) is 4.79 Å². The van der Waals surface area contributed by atoms with Gasteiger partial charge < -0.3 is 5.11 Å². The van der Waals surface area contributed by atoms with Crippen molar-refractivity contribution in [1.29, 1.82) is 0 Å². The third kappa shape index (κ3) is 2.10. The first-order chi connectivity index (χ1) is 5.52. The monoisotopic (exact) mass is 168 g/mol. The summed E-state index contributed by atoms with van der Waals surface area (Å²) in [6, 6.07) is 0. The Hall–Kier alpha value is -0.790. The fourth-order valence-corrected chi connectivity index (χ4v) is 1.80. The molecule has 0 heterocycles. The second-order valence-electron chi connectivity index (χ2n) is 4.10. The van der Waals surface area contributed by atoms with Crippen LogP contribution < -0.4 is 0 Å². The fourth-order valence-electron chi connectivity index (χ4n) is 1.80. The third-order valence-corrected chi connectivity index (χ3v) is 2.66. The molecule has 1 N–H and O–H groups in total. The standard InChI is InChI=1S/C10H16O2/c1-10(2)6-4-3-5-8(10)7-9(11)12/h7H,3-6H2,1-2H3,(H,11,12)/b8-7+. The highest BCUT2D eigenvalue weighted by molar-refractivity contribution is 5.80. The maximum Gasteiger partial charge on any atom is 0.328 e. The van der Waals surface area contributed by atoms with Crippen LogP contribution in [0.4, 0.5) is 0 Å². The highest BCUT2D eigenvalue weighted by atomic mass is 16.4. The Morgan fingerprint density at radius 3 is 2.67 bits per heavy atom. The van der Waals surface area contributed by atoms with Gasteiger partial charge in [0.05, 0.1) is 0 Å². The van der Waals surface area contributed by atoms with Gasteiger partial charge in [-0.2, -0.15) is 0 Å². The summed E-state index contributed by atoms with van der Waals surface area (Å²) in [5.74, 6) is -0.806. The van der Waals surface area contributed by atoms with E-state index in [-0.39, 0.29) is 5.41 Å². The van der Waals surface area contributed by atoms with Crippen LogP contribution in [0, 0.1) is 5.41 Å². The Labute approximate surface area is 73.3 Å². The summed E-state index contributed by atoms with van der Waals surface area (Å²) in [5, 5.41) is 8.62. The first kappa shape index (κ1) is 9.30. The molecule has 0 aliphatic heterocycles. The lowest BCUT2D eigenvalue weighted by Gasteiger charge is -2.32. The van der Waals surface area contributed by atoms with Crippen LogP contribution in [0.25, 0.3) is 0 Å². The number of carboxylic acid groups (broad SMARTS) is 1. The molecule has 0 radical (unpaired) electrons. The maximum atomic E-state index is 10.5. The van der Waals surface area contributed by atoms with Gasteiger partial charge in [-0.05, 0) is 24.7 Å². The lowest BCUT2D eigenvalue weighted by atomic mass is 9.73. The maximum absolute atomic E-state index is 10.5. The van der Waals surface area contributed by atoms with E-state index < -0.39 is 5.97 Å². The van der Waals surface area contributed by atoms with Gasteiger partial charge in [0, 0.05) is 6.08 Å². The largest absolute Gasteiger partial charge is 0.478 e. The van der Waals surface area contributed by atoms with E-state index in [1.165, 1.54) is 12.5 Å². The van der Waals surface area contributed by atoms with Crippen LogP contribution in [-0.4, -0.2) is 11.1 Å². The van der Waals surface area contributed by atoms with Crippen LogP contribution in [-0.2, 0) is 4.79 Å². The summed E-state index contributed by atoms with van der Waals surface area (Å²) in [4.78, 5) is 10.5. The zero-order valence-electron chi connectivity index (χ0n) is 7.76. The molecule has 0 amide bonds. The van der Waals surface area contributed by atoms with Gasteiger partial charge in [-0.15, -0.1) is 0 Å². The average molecular weight is 168 g/mol. The van der Waals surface area contributed by atoms with E-state index in [1.807, 2.05) is 0 Å². The summed E-state index contributed by atoms with van der Waals surface area (Å²) >= 11 is 0. The molecule has 0 saturated heterocycles. The van der Waals surface area contributed by atoms with Crippen molar-refractivity contribution in [3.8, 4) is 0 Å². The number of aliphatic carboxylic acids is 1. The molecule has 2 heteroatoms. The minimum absolute atomic E-state index is 0.108. The number of hydrogen-bond donors (Lipinski definition) is 1. The normalized spacial score (nSPS) is 25.7. The van der Waals surface area contributed by atoms with Gasteiger partial charge in [-0.3, -0.25) is 0 Å². The number of allylic oxidation sites excluding steroid dienone is 1. The van der Waals surface area contributed by atoms with Crippen molar-refractivity contribution in [2.24, 2.45) is 5.41 Å². The van der Waals surface area contributed by atoms with Crippen LogP contribution in [0.1, 0.15) is 39.5 Å². The fraction of sp³-hybridized carbons (Fsp3) is 0.700. The zero-order chi connectivity index (χ0) is 9.19. The molecule has 68 valence electrons. The van der Waals surface area contributed by atoms with E-state index in [0.717, 1.165) is 24.8 Å². The van der Waals surface area contributed by atoms with Gasteiger partial charge >= 0.3 is 5.97 Å². The van der Waals surface area contributed by atoms with E-state index in [1.54, 1.807) is 0 Å². The molecule has 0 atom stereocenters. The van der Waals surface area contributed by atoms with Crippen molar-refractivity contribution in [1.82, 2.24) is 0 Å². The highest BCUT2D eigenvalue weighted by Crippen LogP contribution is 2.39. The molecule has 0 aromatic rings. The van der Waals surface area contributed by atoms with Gasteiger partial charge in [0.25, 0.3) is 0 Å². The molecule has 1 saturated carbocycles. The van der Waals surface area contributed by atoms with Crippen LogP contribution in [0.5, 0.6) is 0 Å². The van der Waals surface area contributed by atoms with Crippen molar-refractivity contribution >= 4 is 5.97 Å². The molecule has 0 aromatic heterocycles. The Balaban J connectivity index is 2.79. The number of hydrogen-bond acceptors (Lipinski definition) is 1. The van der Waals surface area contributed by atoms with Crippen molar-refractivity contribution in [3.63, 3.8) is 0 Å². The van der Waals surface area contributed by atoms with Gasteiger partial charge in [0.2, 0.25) is 0 Å². The summed E-state index contributed by atoms with van der Waals surface area (Å²) < 4.78 is 0. The predicted molar refractivity (Wildman–Crippen MR) is 48.0 cm³/mol. The topological polar surface area (TPSA) is 37.3 Å². The van der Waals surface area contributed by atoms with Gasteiger partial charge in [0.1, 0.15) is 0 Å². The Morgan fingerprint density at radius 1 is 1.50 bits per heavy atom. The lowest BCUT2D eigenvalue weighted by Crippen LogP contribution is -2.20. The van der Waals surface area contributed by atoms with Crippen molar-refractivity contribution in [2.45, 2.75) is 39.5 Å². The molecule has 12 heavy (non-hydrogen) atoms. The first-order valence-corrected chi connectivity index (χ1v) is 4.46. The minimum Gasteiger partial charge on any atom is -0.478 e. The van der Waals surface area contributed by atoms with Crippen LogP contribution in [0.15, 0.2) is 11.6 Å². The first-order valence-electron chi connectivity index (χ1n) is 4.46. The molecule has 2 nitrogen and oxygen atoms in total. The second-order valence-corrected chi connectivity index (χ2v) is 4.10. The quantitative estimate of drug-likeness (QED) is 0.611.